The van der Waals surface area contributed by atoms with E-state index in [-0.39, 0.29) is 5.91 Å². The smallest absolute Gasteiger partial charge is 0.260 e. The van der Waals surface area contributed by atoms with Gasteiger partial charge >= 0.3 is 0 Å². The topological polar surface area (TPSA) is 55.6 Å². The number of amides is 1. The lowest BCUT2D eigenvalue weighted by molar-refractivity contribution is 0.0752. The maximum Gasteiger partial charge on any atom is 0.260 e. The van der Waals surface area contributed by atoms with Gasteiger partial charge in [0, 0.05) is 17.1 Å². The van der Waals surface area contributed by atoms with Crippen molar-refractivity contribution in [3.8, 4) is 5.75 Å². The minimum atomic E-state index is -0.101. The first-order valence-electron chi connectivity index (χ1n) is 6.41. The summed E-state index contributed by atoms with van der Waals surface area (Å²) in [6, 6.07) is 9.25. The van der Waals surface area contributed by atoms with Crippen molar-refractivity contribution in [2.24, 2.45) is 0 Å². The third-order valence-electron chi connectivity index (χ3n) is 3.09. The number of carbonyl (C=O) groups excluding carboxylic acids is 1. The molecule has 0 spiro atoms. The van der Waals surface area contributed by atoms with Crippen molar-refractivity contribution in [1.29, 1.82) is 0 Å². The summed E-state index contributed by atoms with van der Waals surface area (Å²) in [5.74, 6) is 0.412. The monoisotopic (exact) mass is 290 g/mol. The third kappa shape index (κ3) is 2.93. The minimum absolute atomic E-state index is 0.101. The number of ether oxygens (including phenoxy) is 1. The molecule has 0 fully saturated rings. The molecule has 0 unspecified atom stereocenters. The molecule has 0 aliphatic heterocycles. The second kappa shape index (κ2) is 6.43. The van der Waals surface area contributed by atoms with E-state index in [1.807, 2.05) is 24.4 Å². The minimum Gasteiger partial charge on any atom is -0.496 e. The summed E-state index contributed by atoms with van der Waals surface area (Å²) in [6.07, 6.45) is 0. The van der Waals surface area contributed by atoms with Gasteiger partial charge in [-0.25, -0.2) is 0 Å². The van der Waals surface area contributed by atoms with Gasteiger partial charge in [-0.05, 0) is 30.5 Å². The van der Waals surface area contributed by atoms with E-state index in [4.69, 9.17) is 10.5 Å². The number of benzene rings is 1. The molecule has 5 heteroatoms. The Morgan fingerprint density at radius 1 is 1.35 bits per heavy atom. The average Bonchev–Trinajstić information content (AvgIpc) is 2.96. The van der Waals surface area contributed by atoms with Crippen LogP contribution in [0.2, 0.25) is 0 Å². The lowest BCUT2D eigenvalue weighted by Crippen LogP contribution is -2.31. The Kier molecular flexibility index (Phi) is 4.63. The van der Waals surface area contributed by atoms with Crippen molar-refractivity contribution in [2.45, 2.75) is 13.5 Å². The molecule has 2 rings (SSSR count). The fourth-order valence-corrected chi connectivity index (χ4v) is 2.74. The molecule has 1 amide bonds. The van der Waals surface area contributed by atoms with E-state index >= 15 is 0 Å². The van der Waals surface area contributed by atoms with Crippen LogP contribution < -0.4 is 10.5 Å². The predicted molar refractivity (Wildman–Crippen MR) is 82.1 cm³/mol. The molecule has 20 heavy (non-hydrogen) atoms. The molecule has 0 radical (unpaired) electrons. The van der Waals surface area contributed by atoms with Crippen molar-refractivity contribution >= 4 is 22.9 Å². The highest BCUT2D eigenvalue weighted by Gasteiger charge is 2.21. The number of nitrogens with two attached hydrogens (primary N) is 1. The van der Waals surface area contributed by atoms with E-state index in [1.54, 1.807) is 41.5 Å². The van der Waals surface area contributed by atoms with Crippen LogP contribution >= 0.6 is 11.3 Å². The Hall–Kier alpha value is -2.01. The van der Waals surface area contributed by atoms with E-state index in [0.717, 1.165) is 4.88 Å². The molecule has 106 valence electrons. The molecule has 2 aromatic rings. The van der Waals surface area contributed by atoms with E-state index in [2.05, 4.69) is 0 Å². The zero-order valence-electron chi connectivity index (χ0n) is 11.6. The summed E-state index contributed by atoms with van der Waals surface area (Å²) in [5.41, 5.74) is 6.82. The maximum absolute atomic E-state index is 12.7. The zero-order valence-corrected chi connectivity index (χ0v) is 12.4. The summed E-state index contributed by atoms with van der Waals surface area (Å²) < 4.78 is 5.25. The van der Waals surface area contributed by atoms with Crippen molar-refractivity contribution in [3.63, 3.8) is 0 Å². The van der Waals surface area contributed by atoms with Gasteiger partial charge in [-0.2, -0.15) is 0 Å². The van der Waals surface area contributed by atoms with Gasteiger partial charge in [0.15, 0.2) is 0 Å². The number of thiophene rings is 1. The molecule has 0 saturated carbocycles. The molecule has 0 aliphatic carbocycles. The maximum atomic E-state index is 12.7. The average molecular weight is 290 g/mol. The molecule has 1 aromatic carbocycles. The number of hydrogen-bond donors (Lipinski definition) is 1. The van der Waals surface area contributed by atoms with Crippen LogP contribution in [0.15, 0.2) is 35.7 Å². The SMILES string of the molecule is CCN(Cc1cccs1)C(=O)c1c(N)cccc1OC. The number of hydrogen-bond acceptors (Lipinski definition) is 4. The quantitative estimate of drug-likeness (QED) is 0.861. The third-order valence-corrected chi connectivity index (χ3v) is 3.95. The number of nitrogen functional groups attached to an aromatic ring is 1. The lowest BCUT2D eigenvalue weighted by Gasteiger charge is -2.22. The van der Waals surface area contributed by atoms with Crippen molar-refractivity contribution in [2.75, 3.05) is 19.4 Å². The first-order chi connectivity index (χ1) is 9.67. The number of methoxy groups -OCH3 is 1. The van der Waals surface area contributed by atoms with Gasteiger partial charge in [-0.3, -0.25) is 4.79 Å². The second-order valence-corrected chi connectivity index (χ2v) is 5.36. The molecule has 0 saturated heterocycles. The van der Waals surface area contributed by atoms with Gasteiger partial charge in [0.25, 0.3) is 5.91 Å². The summed E-state index contributed by atoms with van der Waals surface area (Å²) in [5, 5.41) is 2.01. The van der Waals surface area contributed by atoms with E-state index in [9.17, 15) is 4.79 Å². The molecule has 4 nitrogen and oxygen atoms in total. The largest absolute Gasteiger partial charge is 0.496 e. The number of carbonyl (C=O) groups is 1. The van der Waals surface area contributed by atoms with E-state index in [0.29, 0.717) is 30.1 Å². The standard InChI is InChI=1S/C15H18N2O2S/c1-3-17(10-11-6-5-9-20-11)15(18)14-12(16)7-4-8-13(14)19-2/h4-9H,3,10,16H2,1-2H3. The van der Waals surface area contributed by atoms with E-state index < -0.39 is 0 Å². The highest BCUT2D eigenvalue weighted by molar-refractivity contribution is 7.09. The molecule has 1 aromatic heterocycles. The molecule has 0 atom stereocenters. The van der Waals surface area contributed by atoms with Gasteiger partial charge < -0.3 is 15.4 Å². The molecular formula is C15H18N2O2S. The van der Waals surface area contributed by atoms with Crippen molar-refractivity contribution in [3.05, 3.63) is 46.2 Å². The van der Waals surface area contributed by atoms with Crippen LogP contribution in [-0.2, 0) is 6.54 Å². The van der Waals surface area contributed by atoms with Crippen molar-refractivity contribution in [1.82, 2.24) is 4.90 Å². The number of anilines is 1. The van der Waals surface area contributed by atoms with Crippen LogP contribution in [0.25, 0.3) is 0 Å². The summed E-state index contributed by atoms with van der Waals surface area (Å²) in [7, 11) is 1.54. The van der Waals surface area contributed by atoms with Gasteiger partial charge in [-0.15, -0.1) is 11.3 Å². The summed E-state index contributed by atoms with van der Waals surface area (Å²) in [6.45, 7) is 3.16. The number of nitrogens with zero attached hydrogens (tertiary/aromatic N) is 1. The van der Waals surface area contributed by atoms with E-state index in [1.165, 1.54) is 0 Å². The fraction of sp³-hybridized carbons (Fsp3) is 0.267. The highest BCUT2D eigenvalue weighted by Crippen LogP contribution is 2.26. The van der Waals surface area contributed by atoms with Crippen molar-refractivity contribution < 1.29 is 9.53 Å². The zero-order chi connectivity index (χ0) is 14.5. The van der Waals surface area contributed by atoms with Crippen LogP contribution in [0.5, 0.6) is 5.75 Å². The Morgan fingerprint density at radius 3 is 2.75 bits per heavy atom. The van der Waals surface area contributed by atoms with Crippen LogP contribution in [0.1, 0.15) is 22.2 Å². The molecule has 0 aliphatic rings. The summed E-state index contributed by atoms with van der Waals surface area (Å²) >= 11 is 1.64. The first-order valence-corrected chi connectivity index (χ1v) is 7.29. The first kappa shape index (κ1) is 14.4. The lowest BCUT2D eigenvalue weighted by atomic mass is 10.1. The molecule has 0 bridgehead atoms. The van der Waals surface area contributed by atoms with Gasteiger partial charge in [0.1, 0.15) is 11.3 Å². The fourth-order valence-electron chi connectivity index (χ4n) is 2.02. The molecular weight excluding hydrogens is 272 g/mol. The second-order valence-electron chi connectivity index (χ2n) is 4.32. The number of rotatable bonds is 5. The Balaban J connectivity index is 2.29. The van der Waals surface area contributed by atoms with Gasteiger partial charge in [-0.1, -0.05) is 12.1 Å². The Morgan fingerprint density at radius 2 is 2.15 bits per heavy atom. The molecule has 1 heterocycles. The van der Waals surface area contributed by atoms with Crippen LogP contribution in [0.3, 0.4) is 0 Å². The normalized spacial score (nSPS) is 10.3. The van der Waals surface area contributed by atoms with Crippen LogP contribution in [0, 0.1) is 0 Å². The Labute approximate surface area is 122 Å². The van der Waals surface area contributed by atoms with Crippen LogP contribution in [0.4, 0.5) is 5.69 Å². The Bertz CT molecular complexity index is 582. The summed E-state index contributed by atoms with van der Waals surface area (Å²) in [4.78, 5) is 15.6. The van der Waals surface area contributed by atoms with Gasteiger partial charge in [0.05, 0.1) is 13.7 Å². The van der Waals surface area contributed by atoms with Gasteiger partial charge in [0.2, 0.25) is 0 Å². The van der Waals surface area contributed by atoms with Crippen LogP contribution in [-0.4, -0.2) is 24.5 Å². The highest BCUT2D eigenvalue weighted by atomic mass is 32.1. The predicted octanol–water partition coefficient (Wildman–Crippen LogP) is 3.00. The molecule has 2 N–H and O–H groups in total.